The molecule has 2 aliphatic rings. The van der Waals surface area contributed by atoms with Gasteiger partial charge in [0, 0.05) is 18.8 Å². The predicted octanol–water partition coefficient (Wildman–Crippen LogP) is 1.29. The number of morpholine rings is 1. The van der Waals surface area contributed by atoms with Gasteiger partial charge in [-0.1, -0.05) is 6.07 Å². The molecule has 0 radical (unpaired) electrons. The lowest BCUT2D eigenvalue weighted by molar-refractivity contribution is -0.0248. The number of ether oxygens (including phenoxy) is 2. The van der Waals surface area contributed by atoms with Crippen molar-refractivity contribution in [2.45, 2.75) is 31.9 Å². The second-order valence-corrected chi connectivity index (χ2v) is 8.01. The molecule has 7 heteroatoms. The molecule has 0 amide bonds. The Morgan fingerprint density at radius 2 is 2.27 bits per heavy atom. The van der Waals surface area contributed by atoms with Crippen LogP contribution in [0, 0.1) is 5.92 Å². The first-order valence-corrected chi connectivity index (χ1v) is 9.36. The number of aromatic nitrogens is 1. The van der Waals surface area contributed by atoms with Crippen molar-refractivity contribution in [2.24, 2.45) is 5.92 Å². The fraction of sp³-hybridized carbons (Fsp3) is 0.667. The number of hydrogen-bond acceptors (Lipinski definition) is 5. The van der Waals surface area contributed by atoms with Crippen molar-refractivity contribution in [1.29, 1.82) is 0 Å². The molecule has 3 atom stereocenters. The highest BCUT2D eigenvalue weighted by atomic mass is 32.2. The van der Waals surface area contributed by atoms with Crippen LogP contribution in [0.3, 0.4) is 0 Å². The SMILES string of the molecule is CCS(=O)(=O)N1CCOC2CC(COc3ccccn3)CC21. The first-order chi connectivity index (χ1) is 10.6. The van der Waals surface area contributed by atoms with Crippen LogP contribution in [0.4, 0.5) is 0 Å². The first-order valence-electron chi connectivity index (χ1n) is 7.75. The highest BCUT2D eigenvalue weighted by Crippen LogP contribution is 2.35. The van der Waals surface area contributed by atoms with Crippen molar-refractivity contribution in [3.63, 3.8) is 0 Å². The zero-order valence-corrected chi connectivity index (χ0v) is 13.5. The van der Waals surface area contributed by atoms with Gasteiger partial charge in [0.25, 0.3) is 0 Å². The van der Waals surface area contributed by atoms with Crippen LogP contribution >= 0.6 is 0 Å². The van der Waals surface area contributed by atoms with Gasteiger partial charge in [-0.25, -0.2) is 13.4 Å². The molecule has 1 aliphatic carbocycles. The first kappa shape index (κ1) is 15.7. The molecule has 3 unspecified atom stereocenters. The molecule has 0 bridgehead atoms. The average Bonchev–Trinajstić information content (AvgIpc) is 2.96. The third-order valence-electron chi connectivity index (χ3n) is 4.41. The summed E-state index contributed by atoms with van der Waals surface area (Å²) in [6.45, 7) is 3.18. The molecule has 1 saturated carbocycles. The van der Waals surface area contributed by atoms with Gasteiger partial charge < -0.3 is 9.47 Å². The van der Waals surface area contributed by atoms with E-state index in [1.807, 2.05) is 18.2 Å². The summed E-state index contributed by atoms with van der Waals surface area (Å²) >= 11 is 0. The summed E-state index contributed by atoms with van der Waals surface area (Å²) in [5, 5.41) is 0. The zero-order chi connectivity index (χ0) is 15.6. The maximum absolute atomic E-state index is 12.2. The van der Waals surface area contributed by atoms with Crippen LogP contribution in [0.1, 0.15) is 19.8 Å². The normalized spacial score (nSPS) is 29.2. The Kier molecular flexibility index (Phi) is 4.65. The monoisotopic (exact) mass is 326 g/mol. The molecule has 0 aromatic carbocycles. The second kappa shape index (κ2) is 6.52. The minimum absolute atomic E-state index is 0.00703. The molecule has 2 heterocycles. The van der Waals surface area contributed by atoms with Crippen molar-refractivity contribution in [3.05, 3.63) is 24.4 Å². The van der Waals surface area contributed by atoms with Crippen molar-refractivity contribution in [1.82, 2.24) is 9.29 Å². The lowest BCUT2D eigenvalue weighted by Gasteiger charge is -2.36. The molecule has 3 rings (SSSR count). The van der Waals surface area contributed by atoms with E-state index in [2.05, 4.69) is 4.98 Å². The van der Waals surface area contributed by atoms with E-state index in [0.717, 1.165) is 12.8 Å². The van der Waals surface area contributed by atoms with Gasteiger partial charge in [-0.3, -0.25) is 0 Å². The van der Waals surface area contributed by atoms with Crippen LogP contribution in [0.5, 0.6) is 5.88 Å². The molecule has 122 valence electrons. The predicted molar refractivity (Wildman–Crippen MR) is 82.2 cm³/mol. The number of sulfonamides is 1. The molecule has 1 aromatic heterocycles. The Labute approximate surface area is 131 Å². The van der Waals surface area contributed by atoms with Gasteiger partial charge in [-0.2, -0.15) is 4.31 Å². The average molecular weight is 326 g/mol. The Balaban J connectivity index is 1.62. The molecule has 22 heavy (non-hydrogen) atoms. The highest BCUT2D eigenvalue weighted by Gasteiger charge is 2.45. The molecule has 6 nitrogen and oxygen atoms in total. The summed E-state index contributed by atoms with van der Waals surface area (Å²) in [6, 6.07) is 5.51. The number of nitrogens with zero attached hydrogens (tertiary/aromatic N) is 2. The molecule has 2 fully saturated rings. The zero-order valence-electron chi connectivity index (χ0n) is 12.7. The van der Waals surface area contributed by atoms with Crippen LogP contribution in [-0.4, -0.2) is 55.4 Å². The number of pyridine rings is 1. The largest absolute Gasteiger partial charge is 0.477 e. The fourth-order valence-corrected chi connectivity index (χ4v) is 4.62. The third kappa shape index (κ3) is 3.26. The van der Waals surface area contributed by atoms with E-state index in [1.165, 1.54) is 0 Å². The lowest BCUT2D eigenvalue weighted by Crippen LogP contribution is -2.51. The van der Waals surface area contributed by atoms with Gasteiger partial charge in [0.1, 0.15) is 0 Å². The van der Waals surface area contributed by atoms with Crippen LogP contribution < -0.4 is 4.74 Å². The van der Waals surface area contributed by atoms with Gasteiger partial charge in [0.15, 0.2) is 0 Å². The topological polar surface area (TPSA) is 68.7 Å². The summed E-state index contributed by atoms with van der Waals surface area (Å²) in [6.07, 6.45) is 3.32. The smallest absolute Gasteiger partial charge is 0.214 e. The summed E-state index contributed by atoms with van der Waals surface area (Å²) in [5.74, 6) is 1.05. The standard InChI is InChI=1S/C15H22N2O4S/c1-2-22(18,19)17-7-8-20-14-10-12(9-13(14)17)11-21-15-5-3-4-6-16-15/h3-6,12-14H,2,7-11H2,1H3. The summed E-state index contributed by atoms with van der Waals surface area (Å²) in [7, 11) is -3.17. The van der Waals surface area contributed by atoms with Crippen LogP contribution in [-0.2, 0) is 14.8 Å². The van der Waals surface area contributed by atoms with Crippen molar-refractivity contribution in [2.75, 3.05) is 25.5 Å². The van der Waals surface area contributed by atoms with E-state index in [0.29, 0.717) is 31.6 Å². The molecule has 0 N–H and O–H groups in total. The third-order valence-corrected chi connectivity index (χ3v) is 6.31. The van der Waals surface area contributed by atoms with Gasteiger partial charge in [-0.15, -0.1) is 0 Å². The molecular formula is C15H22N2O4S. The van der Waals surface area contributed by atoms with E-state index in [-0.39, 0.29) is 17.9 Å². The second-order valence-electron chi connectivity index (χ2n) is 5.80. The quantitative estimate of drug-likeness (QED) is 0.815. The van der Waals surface area contributed by atoms with Crippen molar-refractivity contribution >= 4 is 10.0 Å². The van der Waals surface area contributed by atoms with E-state index >= 15 is 0 Å². The molecular weight excluding hydrogens is 304 g/mol. The van der Waals surface area contributed by atoms with Crippen LogP contribution in [0.2, 0.25) is 0 Å². The Bertz CT molecular complexity index is 593. The van der Waals surface area contributed by atoms with Crippen LogP contribution in [0.15, 0.2) is 24.4 Å². The Hall–Kier alpha value is -1.18. The van der Waals surface area contributed by atoms with Gasteiger partial charge in [0.05, 0.1) is 31.1 Å². The number of fused-ring (bicyclic) bond motifs is 1. The fourth-order valence-electron chi connectivity index (χ4n) is 3.30. The Morgan fingerprint density at radius 1 is 1.41 bits per heavy atom. The maximum atomic E-state index is 12.2. The summed E-state index contributed by atoms with van der Waals surface area (Å²) in [5.41, 5.74) is 0. The van der Waals surface area contributed by atoms with E-state index in [4.69, 9.17) is 9.47 Å². The van der Waals surface area contributed by atoms with Crippen LogP contribution in [0.25, 0.3) is 0 Å². The van der Waals surface area contributed by atoms with Gasteiger partial charge >= 0.3 is 0 Å². The number of hydrogen-bond donors (Lipinski definition) is 0. The van der Waals surface area contributed by atoms with Crippen molar-refractivity contribution in [3.8, 4) is 5.88 Å². The minimum atomic E-state index is -3.17. The maximum Gasteiger partial charge on any atom is 0.214 e. The van der Waals surface area contributed by atoms with E-state index < -0.39 is 10.0 Å². The molecule has 1 saturated heterocycles. The molecule has 0 spiro atoms. The summed E-state index contributed by atoms with van der Waals surface area (Å²) < 4.78 is 37.6. The minimum Gasteiger partial charge on any atom is -0.477 e. The van der Waals surface area contributed by atoms with Gasteiger partial charge in [0.2, 0.25) is 15.9 Å². The van der Waals surface area contributed by atoms with E-state index in [9.17, 15) is 8.42 Å². The molecule has 1 aromatic rings. The lowest BCUT2D eigenvalue weighted by atomic mass is 10.1. The van der Waals surface area contributed by atoms with Gasteiger partial charge in [-0.05, 0) is 31.7 Å². The van der Waals surface area contributed by atoms with Crippen molar-refractivity contribution < 1.29 is 17.9 Å². The molecule has 1 aliphatic heterocycles. The summed E-state index contributed by atoms with van der Waals surface area (Å²) in [4.78, 5) is 4.14. The Morgan fingerprint density at radius 3 is 3.00 bits per heavy atom. The number of rotatable bonds is 5. The van der Waals surface area contributed by atoms with E-state index in [1.54, 1.807) is 17.4 Å². The highest BCUT2D eigenvalue weighted by molar-refractivity contribution is 7.89.